The van der Waals surface area contributed by atoms with Crippen molar-refractivity contribution in [1.82, 2.24) is 20.2 Å². The number of aromatic amines is 1. The second-order valence-corrected chi connectivity index (χ2v) is 9.17. The molecule has 0 unspecified atom stereocenters. The van der Waals surface area contributed by atoms with Gasteiger partial charge in [-0.2, -0.15) is 0 Å². The number of halogens is 1. The fraction of sp³-hybridized carbons (Fsp3) is 0.176. The van der Waals surface area contributed by atoms with E-state index in [4.69, 9.17) is 0 Å². The van der Waals surface area contributed by atoms with Crippen molar-refractivity contribution in [2.24, 2.45) is 0 Å². The lowest BCUT2D eigenvalue weighted by Gasteiger charge is -2.00. The Balaban J connectivity index is 1.46. The lowest BCUT2D eigenvalue weighted by molar-refractivity contribution is 0.628. The molecule has 0 aliphatic rings. The fourth-order valence-electron chi connectivity index (χ4n) is 2.47. The van der Waals surface area contributed by atoms with Gasteiger partial charge in [-0.1, -0.05) is 23.1 Å². The van der Waals surface area contributed by atoms with Gasteiger partial charge in [0.1, 0.15) is 16.5 Å². The summed E-state index contributed by atoms with van der Waals surface area (Å²) < 4.78 is 13.7. The Bertz CT molecular complexity index is 1170. The number of thiophene rings is 1. The second-order valence-electron chi connectivity index (χ2n) is 5.77. The molecule has 4 rings (SSSR count). The first kappa shape index (κ1) is 18.1. The Morgan fingerprint density at radius 2 is 1.96 bits per heavy atom. The van der Waals surface area contributed by atoms with Crippen LogP contribution in [0.25, 0.3) is 10.2 Å². The van der Waals surface area contributed by atoms with Crippen molar-refractivity contribution >= 4 is 55.5 Å². The molecule has 2 N–H and O–H groups in total. The molecular weight excluding hydrogens is 405 g/mol. The number of hydrogen-bond donors (Lipinski definition) is 2. The van der Waals surface area contributed by atoms with Crippen molar-refractivity contribution in [2.45, 2.75) is 23.9 Å². The number of aromatic nitrogens is 4. The van der Waals surface area contributed by atoms with Crippen LogP contribution in [-0.4, -0.2) is 20.2 Å². The quantitative estimate of drug-likeness (QED) is 0.459. The highest BCUT2D eigenvalue weighted by Crippen LogP contribution is 2.30. The molecule has 0 spiro atoms. The number of benzene rings is 1. The Morgan fingerprint density at radius 1 is 1.19 bits per heavy atom. The molecular formula is C17H14FN5OS3. The van der Waals surface area contributed by atoms with Crippen LogP contribution in [0.1, 0.15) is 16.3 Å². The molecule has 0 saturated carbocycles. The van der Waals surface area contributed by atoms with Gasteiger partial charge in [0, 0.05) is 10.6 Å². The Morgan fingerprint density at radius 3 is 2.74 bits per heavy atom. The van der Waals surface area contributed by atoms with Crippen LogP contribution in [0.2, 0.25) is 0 Å². The van der Waals surface area contributed by atoms with E-state index in [0.29, 0.717) is 22.1 Å². The molecule has 3 heterocycles. The summed E-state index contributed by atoms with van der Waals surface area (Å²) >= 11 is 4.37. The third-order valence-corrected chi connectivity index (χ3v) is 7.01. The van der Waals surface area contributed by atoms with E-state index in [1.54, 1.807) is 12.1 Å². The standard InChI is InChI=1S/C17H14FN5OS3/c1-8-9(2)26-15-13(8)14(24)20-12(21-15)7-25-17-23-22-16(27-17)19-11-5-3-10(18)4-6-11/h3-6H,7H2,1-2H3,(H,19,22)(H,20,21,24). The number of H-pyrrole nitrogens is 1. The molecule has 0 bridgehead atoms. The van der Waals surface area contributed by atoms with Crippen LogP contribution >= 0.6 is 34.4 Å². The van der Waals surface area contributed by atoms with Crippen molar-refractivity contribution in [2.75, 3.05) is 5.32 Å². The first-order chi connectivity index (χ1) is 13.0. The summed E-state index contributed by atoms with van der Waals surface area (Å²) in [6.45, 7) is 3.93. The van der Waals surface area contributed by atoms with Crippen molar-refractivity contribution < 1.29 is 4.39 Å². The lowest BCUT2D eigenvalue weighted by atomic mass is 10.2. The number of hydrogen-bond acceptors (Lipinski definition) is 8. The minimum Gasteiger partial charge on any atom is -0.330 e. The molecule has 0 saturated heterocycles. The Labute approximate surface area is 165 Å². The second kappa shape index (κ2) is 7.37. The minimum absolute atomic E-state index is 0.103. The largest absolute Gasteiger partial charge is 0.330 e. The summed E-state index contributed by atoms with van der Waals surface area (Å²) in [5.41, 5.74) is 1.63. The zero-order chi connectivity index (χ0) is 19.0. The maximum atomic E-state index is 13.0. The van der Waals surface area contributed by atoms with Gasteiger partial charge < -0.3 is 10.3 Å². The van der Waals surface area contributed by atoms with Crippen LogP contribution in [-0.2, 0) is 5.75 Å². The summed E-state index contributed by atoms with van der Waals surface area (Å²) in [6, 6.07) is 6.03. The zero-order valence-electron chi connectivity index (χ0n) is 14.4. The van der Waals surface area contributed by atoms with Crippen LogP contribution in [0.3, 0.4) is 0 Å². The molecule has 0 fully saturated rings. The number of anilines is 2. The normalized spacial score (nSPS) is 11.2. The summed E-state index contributed by atoms with van der Waals surface area (Å²) in [5.74, 6) is 0.817. The molecule has 0 radical (unpaired) electrons. The third kappa shape index (κ3) is 3.87. The van der Waals surface area contributed by atoms with E-state index in [1.807, 2.05) is 13.8 Å². The highest BCUT2D eigenvalue weighted by atomic mass is 32.2. The summed E-state index contributed by atoms with van der Waals surface area (Å²) in [4.78, 5) is 21.6. The number of thioether (sulfide) groups is 1. The summed E-state index contributed by atoms with van der Waals surface area (Å²) in [7, 11) is 0. The molecule has 1 aromatic carbocycles. The van der Waals surface area contributed by atoms with E-state index in [1.165, 1.54) is 46.6 Å². The predicted molar refractivity (Wildman–Crippen MR) is 109 cm³/mol. The number of nitrogens with zero attached hydrogens (tertiary/aromatic N) is 3. The van der Waals surface area contributed by atoms with E-state index in [2.05, 4.69) is 25.5 Å². The first-order valence-corrected chi connectivity index (χ1v) is 10.6. The minimum atomic E-state index is -0.288. The van der Waals surface area contributed by atoms with Crippen LogP contribution < -0.4 is 10.9 Å². The third-order valence-electron chi connectivity index (χ3n) is 3.92. The smallest absolute Gasteiger partial charge is 0.259 e. The molecule has 0 aliphatic carbocycles. The van der Waals surface area contributed by atoms with E-state index >= 15 is 0 Å². The number of fused-ring (bicyclic) bond motifs is 1. The van der Waals surface area contributed by atoms with Crippen molar-refractivity contribution in [3.8, 4) is 0 Å². The van der Waals surface area contributed by atoms with Crippen LogP contribution in [0.15, 0.2) is 33.4 Å². The van der Waals surface area contributed by atoms with Gasteiger partial charge in [-0.25, -0.2) is 9.37 Å². The molecule has 27 heavy (non-hydrogen) atoms. The average Bonchev–Trinajstić information content (AvgIpc) is 3.20. The SMILES string of the molecule is Cc1sc2nc(CSc3nnc(Nc4ccc(F)cc4)s3)[nH]c(=O)c2c1C. The van der Waals surface area contributed by atoms with Crippen LogP contribution in [0.5, 0.6) is 0 Å². The van der Waals surface area contributed by atoms with Crippen LogP contribution in [0, 0.1) is 19.7 Å². The summed E-state index contributed by atoms with van der Waals surface area (Å²) in [6.07, 6.45) is 0. The predicted octanol–water partition coefficient (Wildman–Crippen LogP) is 4.63. The van der Waals surface area contributed by atoms with Crippen LogP contribution in [0.4, 0.5) is 15.2 Å². The van der Waals surface area contributed by atoms with Gasteiger partial charge in [-0.3, -0.25) is 4.79 Å². The van der Waals surface area contributed by atoms with Gasteiger partial charge in [-0.15, -0.1) is 21.5 Å². The molecule has 4 aromatic rings. The van der Waals surface area contributed by atoms with E-state index in [-0.39, 0.29) is 11.4 Å². The molecule has 138 valence electrons. The fourth-order valence-corrected chi connectivity index (χ4v) is 5.16. The number of aryl methyl sites for hydroxylation is 2. The van der Waals surface area contributed by atoms with E-state index < -0.39 is 0 Å². The van der Waals surface area contributed by atoms with E-state index in [0.717, 1.165) is 25.3 Å². The zero-order valence-corrected chi connectivity index (χ0v) is 16.8. The number of nitrogens with one attached hydrogen (secondary N) is 2. The molecule has 3 aromatic heterocycles. The Kier molecular flexibility index (Phi) is 4.94. The van der Waals surface area contributed by atoms with Crippen molar-refractivity contribution in [3.05, 3.63) is 56.7 Å². The van der Waals surface area contributed by atoms with Crippen molar-refractivity contribution in [3.63, 3.8) is 0 Å². The first-order valence-electron chi connectivity index (χ1n) is 7.97. The summed E-state index contributed by atoms with van der Waals surface area (Å²) in [5, 5.41) is 12.6. The number of rotatable bonds is 5. The monoisotopic (exact) mass is 419 g/mol. The highest BCUT2D eigenvalue weighted by Gasteiger charge is 2.13. The van der Waals surface area contributed by atoms with Gasteiger partial charge in [0.15, 0.2) is 4.34 Å². The lowest BCUT2D eigenvalue weighted by Crippen LogP contribution is -2.10. The van der Waals surface area contributed by atoms with Gasteiger partial charge in [0.25, 0.3) is 5.56 Å². The molecule has 0 aliphatic heterocycles. The maximum absolute atomic E-state index is 13.0. The van der Waals surface area contributed by atoms with Gasteiger partial charge in [0.05, 0.1) is 11.1 Å². The topological polar surface area (TPSA) is 83.6 Å². The molecule has 0 amide bonds. The van der Waals surface area contributed by atoms with Gasteiger partial charge in [-0.05, 0) is 43.7 Å². The molecule has 10 heteroatoms. The highest BCUT2D eigenvalue weighted by molar-refractivity contribution is 8.00. The van der Waals surface area contributed by atoms with Gasteiger partial charge >= 0.3 is 0 Å². The van der Waals surface area contributed by atoms with Gasteiger partial charge in [0.2, 0.25) is 5.13 Å². The molecule has 6 nitrogen and oxygen atoms in total. The maximum Gasteiger partial charge on any atom is 0.259 e. The Hall–Kier alpha value is -2.30. The van der Waals surface area contributed by atoms with E-state index in [9.17, 15) is 9.18 Å². The molecule has 0 atom stereocenters. The average molecular weight is 420 g/mol. The van der Waals surface area contributed by atoms with Crippen molar-refractivity contribution in [1.29, 1.82) is 0 Å².